The van der Waals surface area contributed by atoms with Gasteiger partial charge in [0.15, 0.2) is 11.6 Å². The van der Waals surface area contributed by atoms with Crippen molar-refractivity contribution in [1.29, 1.82) is 0 Å². The van der Waals surface area contributed by atoms with Crippen molar-refractivity contribution in [3.63, 3.8) is 0 Å². The Balaban J connectivity index is 0.000000214. The van der Waals surface area contributed by atoms with Gasteiger partial charge in [0.2, 0.25) is 0 Å². The Morgan fingerprint density at radius 2 is 1.07 bits per heavy atom. The summed E-state index contributed by atoms with van der Waals surface area (Å²) < 4.78 is 20.9. The van der Waals surface area contributed by atoms with Crippen LogP contribution in [0.1, 0.15) is 110 Å². The molecule has 8 rings (SSSR count). The van der Waals surface area contributed by atoms with Crippen LogP contribution in [0.5, 0.6) is 0 Å². The molecule has 6 aromatic rings. The van der Waals surface area contributed by atoms with E-state index in [4.69, 9.17) is 42.5 Å². The van der Waals surface area contributed by atoms with Crippen molar-refractivity contribution >= 4 is 70.0 Å². The zero-order valence-corrected chi connectivity index (χ0v) is 44.0. The van der Waals surface area contributed by atoms with Crippen LogP contribution in [0.4, 0.5) is 21.2 Å². The van der Waals surface area contributed by atoms with Gasteiger partial charge in [-0.3, -0.25) is 9.59 Å². The minimum atomic E-state index is -1.22. The fourth-order valence-corrected chi connectivity index (χ4v) is 9.41. The molecule has 0 radical (unpaired) electrons. The minimum Gasteiger partial charge on any atom is -0.477 e. The van der Waals surface area contributed by atoms with E-state index in [0.29, 0.717) is 82.9 Å². The number of carboxylic acids is 1. The largest absolute Gasteiger partial charge is 0.477 e. The maximum atomic E-state index is 13.5. The topological polar surface area (TPSA) is 225 Å². The van der Waals surface area contributed by atoms with E-state index in [1.54, 1.807) is 12.1 Å². The first-order chi connectivity index (χ1) is 34.4. The summed E-state index contributed by atoms with van der Waals surface area (Å²) in [6, 6.07) is 14.5. The molecule has 390 valence electrons. The second-order valence-corrected chi connectivity index (χ2v) is 21.0. The lowest BCUT2D eigenvalue weighted by Crippen LogP contribution is -2.49. The lowest BCUT2D eigenvalue weighted by Gasteiger charge is -2.34. The van der Waals surface area contributed by atoms with E-state index in [0.717, 1.165) is 41.4 Å². The number of carbonyl (C=O) groups excluding carboxylic acids is 3. The lowest BCUT2D eigenvalue weighted by molar-refractivity contribution is 0.0488. The van der Waals surface area contributed by atoms with Gasteiger partial charge in [-0.1, -0.05) is 59.6 Å². The SMILES string of the molecule is COC(=O)c1cn2nc(N3CCC[C@@H](NC(=O)OC(C)(C)C)C3)c(Cc3ccccc3Cl)c2c(=O)n1C.Cn1c(C(=O)O)cn2nc(N3CCC[C@@H](NC(=O)OC(C)(C)C)C3)c(Cc3ccccc3Cl)c2c1=O. The summed E-state index contributed by atoms with van der Waals surface area (Å²) >= 11 is 12.9. The van der Waals surface area contributed by atoms with Crippen molar-refractivity contribution in [2.24, 2.45) is 14.1 Å². The summed E-state index contributed by atoms with van der Waals surface area (Å²) in [6.45, 7) is 13.2. The average molecular weight is 1050 g/mol. The van der Waals surface area contributed by atoms with Gasteiger partial charge >= 0.3 is 24.1 Å². The number of esters is 1. The number of halogens is 2. The summed E-state index contributed by atoms with van der Waals surface area (Å²) in [5, 5.41) is 26.0. The first-order valence-corrected chi connectivity index (χ1v) is 24.7. The van der Waals surface area contributed by atoms with E-state index < -0.39 is 40.9 Å². The van der Waals surface area contributed by atoms with Crippen molar-refractivity contribution in [1.82, 2.24) is 39.0 Å². The Morgan fingerprint density at radius 1 is 0.671 bits per heavy atom. The Labute approximate surface area is 431 Å². The highest BCUT2D eigenvalue weighted by Gasteiger charge is 2.32. The number of nitrogens with zero attached hydrogens (tertiary/aromatic N) is 8. The van der Waals surface area contributed by atoms with Crippen LogP contribution in [0, 0.1) is 0 Å². The van der Waals surface area contributed by atoms with Crippen molar-refractivity contribution in [3.05, 3.63) is 125 Å². The Bertz CT molecular complexity index is 3190. The quantitative estimate of drug-likeness (QED) is 0.0926. The molecule has 2 amide bonds. The molecule has 2 fully saturated rings. The number of amides is 2. The van der Waals surface area contributed by atoms with Gasteiger partial charge in [-0.2, -0.15) is 0 Å². The molecule has 6 heterocycles. The average Bonchev–Trinajstić information content (AvgIpc) is 3.87. The summed E-state index contributed by atoms with van der Waals surface area (Å²) in [5.74, 6) is -0.688. The second kappa shape index (κ2) is 22.0. The Morgan fingerprint density at radius 3 is 1.45 bits per heavy atom. The van der Waals surface area contributed by atoms with Gasteiger partial charge in [0.05, 0.1) is 19.5 Å². The third kappa shape index (κ3) is 12.6. The highest BCUT2D eigenvalue weighted by Crippen LogP contribution is 2.32. The number of alkyl carbamates (subject to hydrolysis) is 2. The molecule has 2 aromatic carbocycles. The number of carboxylic acid groups (broad SMARTS) is 1. The molecule has 20 nitrogen and oxygen atoms in total. The van der Waals surface area contributed by atoms with E-state index in [9.17, 15) is 33.9 Å². The number of ether oxygens (including phenoxy) is 3. The van der Waals surface area contributed by atoms with Gasteiger partial charge in [0.1, 0.15) is 33.6 Å². The van der Waals surface area contributed by atoms with E-state index >= 15 is 0 Å². The standard InChI is InChI=1S/C26H32ClN5O5.C25H30ClN5O5/c1-26(2,3)37-25(35)28-17-10-8-12-31(14-17)22-18(13-16-9-6-7-11-19(16)27)21-23(33)30(4)20(24(34)36-5)15-32(21)29-22;1-25(2,3)36-24(35)27-16-9-7-11-30(13-16)21-17(12-15-8-5-6-10-18(15)26)20-22(32)29(4)19(23(33)34)14-31(20)28-21/h6-7,9,11,15,17H,8,10,12-14H2,1-5H3,(H,28,35);5-6,8,10,14,16H,7,9,11-13H2,1-4H3,(H,27,35)(H,33,34)/t17-;16-/m11/s1. The number of carbonyl (C=O) groups is 4. The minimum absolute atomic E-state index is 0.0847. The smallest absolute Gasteiger partial charge is 0.407 e. The van der Waals surface area contributed by atoms with Crippen molar-refractivity contribution in [3.8, 4) is 0 Å². The highest BCUT2D eigenvalue weighted by molar-refractivity contribution is 6.31. The zero-order chi connectivity index (χ0) is 53.1. The van der Waals surface area contributed by atoms with Crippen LogP contribution >= 0.6 is 23.2 Å². The molecule has 0 saturated carbocycles. The molecule has 4 aromatic heterocycles. The molecule has 0 spiro atoms. The fourth-order valence-electron chi connectivity index (χ4n) is 9.01. The van der Waals surface area contributed by atoms with Crippen molar-refractivity contribution in [2.75, 3.05) is 43.1 Å². The van der Waals surface area contributed by atoms with Gasteiger partial charge < -0.3 is 48.9 Å². The third-order valence-corrected chi connectivity index (χ3v) is 13.1. The van der Waals surface area contributed by atoms with Crippen LogP contribution in [-0.2, 0) is 41.1 Å². The summed E-state index contributed by atoms with van der Waals surface area (Å²) in [4.78, 5) is 79.6. The summed E-state index contributed by atoms with van der Waals surface area (Å²) in [5.41, 5.74) is 1.54. The Kier molecular flexibility index (Phi) is 16.2. The number of methoxy groups -OCH3 is 1. The number of piperidine rings is 2. The fraction of sp³-hybridized carbons (Fsp3) is 0.451. The lowest BCUT2D eigenvalue weighted by atomic mass is 10.0. The predicted molar refractivity (Wildman–Crippen MR) is 277 cm³/mol. The maximum absolute atomic E-state index is 13.5. The van der Waals surface area contributed by atoms with Crippen molar-refractivity contribution < 1.29 is 38.5 Å². The summed E-state index contributed by atoms with van der Waals surface area (Å²) in [7, 11) is 4.22. The normalized spacial score (nSPS) is 16.2. The van der Waals surface area contributed by atoms with E-state index in [1.165, 1.54) is 47.2 Å². The monoisotopic (exact) mass is 1040 g/mol. The number of fused-ring (bicyclic) bond motifs is 2. The molecule has 0 bridgehead atoms. The second-order valence-electron chi connectivity index (χ2n) is 20.1. The highest BCUT2D eigenvalue weighted by atomic mass is 35.5. The molecule has 2 aliphatic heterocycles. The number of hydrogen-bond donors (Lipinski definition) is 3. The van der Waals surface area contributed by atoms with Crippen LogP contribution in [0.2, 0.25) is 10.0 Å². The molecule has 2 saturated heterocycles. The van der Waals surface area contributed by atoms with Gasteiger partial charge in [-0.05, 0) is 90.5 Å². The number of benzene rings is 2. The number of rotatable bonds is 10. The molecule has 73 heavy (non-hydrogen) atoms. The molecule has 2 atom stereocenters. The molecule has 22 heteroatoms. The van der Waals surface area contributed by atoms with E-state index in [1.807, 2.05) is 82.8 Å². The summed E-state index contributed by atoms with van der Waals surface area (Å²) in [6.07, 6.45) is 5.76. The Hall–Kier alpha value is -7.06. The van der Waals surface area contributed by atoms with Crippen LogP contribution in [0.25, 0.3) is 11.0 Å². The van der Waals surface area contributed by atoms with Crippen LogP contribution in [-0.4, -0.2) is 114 Å². The number of hydrogen-bond acceptors (Lipinski definition) is 13. The maximum Gasteiger partial charge on any atom is 0.407 e. The number of aromatic nitrogens is 6. The van der Waals surface area contributed by atoms with Gasteiger partial charge in [-0.25, -0.2) is 28.2 Å². The van der Waals surface area contributed by atoms with E-state index in [2.05, 4.69) is 20.6 Å². The number of nitrogens with one attached hydrogen (secondary N) is 2. The number of aromatic carboxylic acids is 1. The predicted octanol–water partition coefficient (Wildman–Crippen LogP) is 7.03. The molecule has 0 unspecified atom stereocenters. The van der Waals surface area contributed by atoms with Crippen LogP contribution in [0.3, 0.4) is 0 Å². The molecule has 3 N–H and O–H groups in total. The van der Waals surface area contributed by atoms with Crippen LogP contribution < -0.4 is 31.6 Å². The number of anilines is 2. The molecule has 0 aliphatic carbocycles. The first kappa shape index (κ1) is 53.7. The molecule has 2 aliphatic rings. The van der Waals surface area contributed by atoms with Gasteiger partial charge in [0, 0.05) is 86.4 Å². The molecular formula is C51H62Cl2N10O10. The van der Waals surface area contributed by atoms with Crippen LogP contribution in [0.15, 0.2) is 70.5 Å². The van der Waals surface area contributed by atoms with E-state index in [-0.39, 0.29) is 29.0 Å². The van der Waals surface area contributed by atoms with Gasteiger partial charge in [0.25, 0.3) is 11.1 Å². The molecular weight excluding hydrogens is 984 g/mol. The first-order valence-electron chi connectivity index (χ1n) is 23.9. The van der Waals surface area contributed by atoms with Crippen molar-refractivity contribution in [2.45, 2.75) is 103 Å². The third-order valence-electron chi connectivity index (χ3n) is 12.3. The zero-order valence-electron chi connectivity index (χ0n) is 42.5. The van der Waals surface area contributed by atoms with Gasteiger partial charge in [-0.15, -0.1) is 10.2 Å².